The van der Waals surface area contributed by atoms with Crippen molar-refractivity contribution in [1.29, 1.82) is 0 Å². The molecular formula is C14H11Cl2N3OS. The number of hydrogen-bond donors (Lipinski definition) is 2. The van der Waals surface area contributed by atoms with Crippen molar-refractivity contribution in [3.05, 3.63) is 46.4 Å². The van der Waals surface area contributed by atoms with Gasteiger partial charge in [0.15, 0.2) is 0 Å². The molecule has 1 aliphatic heterocycles. The van der Waals surface area contributed by atoms with Gasteiger partial charge < -0.3 is 15.4 Å². The van der Waals surface area contributed by atoms with E-state index in [4.69, 9.17) is 27.9 Å². The molecule has 2 aromatic carbocycles. The first-order valence-electron chi connectivity index (χ1n) is 6.08. The molecule has 7 heteroatoms. The zero-order chi connectivity index (χ0) is 14.8. The molecule has 0 saturated carbocycles. The molecule has 21 heavy (non-hydrogen) atoms. The predicted molar refractivity (Wildman–Crippen MR) is 90.0 cm³/mol. The van der Waals surface area contributed by atoms with E-state index in [0.717, 1.165) is 16.3 Å². The summed E-state index contributed by atoms with van der Waals surface area (Å²) in [6.45, 7) is 0. The Morgan fingerprint density at radius 1 is 1.19 bits per heavy atom. The van der Waals surface area contributed by atoms with E-state index in [1.807, 2.05) is 30.3 Å². The first kappa shape index (κ1) is 14.4. The van der Waals surface area contributed by atoms with E-state index in [-0.39, 0.29) is 0 Å². The summed E-state index contributed by atoms with van der Waals surface area (Å²) in [5.41, 5.74) is 1.69. The molecule has 3 rings (SSSR count). The van der Waals surface area contributed by atoms with Gasteiger partial charge in [0.2, 0.25) is 5.96 Å². The average molecular weight is 340 g/mol. The molecule has 2 aromatic rings. The number of methoxy groups -OCH3 is 1. The van der Waals surface area contributed by atoms with Gasteiger partial charge in [0.05, 0.1) is 17.7 Å². The SMILES string of the molecule is COc1cc(Cl)cc2c1NC(Nc1cccc(Cl)c1)=NS2. The molecule has 1 heterocycles. The summed E-state index contributed by atoms with van der Waals surface area (Å²) in [4.78, 5) is 0.913. The van der Waals surface area contributed by atoms with Crippen molar-refractivity contribution >= 4 is 52.5 Å². The van der Waals surface area contributed by atoms with Crippen LogP contribution >= 0.6 is 35.1 Å². The molecule has 0 aromatic heterocycles. The van der Waals surface area contributed by atoms with E-state index in [2.05, 4.69) is 15.0 Å². The van der Waals surface area contributed by atoms with Crippen LogP contribution in [0.3, 0.4) is 0 Å². The lowest BCUT2D eigenvalue weighted by molar-refractivity contribution is 0.416. The van der Waals surface area contributed by atoms with Crippen LogP contribution in [0.25, 0.3) is 0 Å². The minimum Gasteiger partial charge on any atom is -0.494 e. The molecule has 4 nitrogen and oxygen atoms in total. The van der Waals surface area contributed by atoms with Gasteiger partial charge in [0.1, 0.15) is 5.75 Å². The van der Waals surface area contributed by atoms with Crippen LogP contribution in [0.2, 0.25) is 10.0 Å². The highest BCUT2D eigenvalue weighted by atomic mass is 35.5. The second-order valence-electron chi connectivity index (χ2n) is 4.27. The standard InChI is InChI=1S/C14H11Cl2N3OS/c1-20-11-6-9(16)7-12-13(11)18-14(19-21-12)17-10-4-2-3-8(15)5-10/h2-7H,1H3,(H2,17,18,19). The van der Waals surface area contributed by atoms with E-state index in [1.165, 1.54) is 11.9 Å². The Bertz CT molecular complexity index is 721. The van der Waals surface area contributed by atoms with Gasteiger partial charge in [-0.3, -0.25) is 0 Å². The lowest BCUT2D eigenvalue weighted by Gasteiger charge is -2.21. The molecule has 0 spiro atoms. The van der Waals surface area contributed by atoms with Crippen LogP contribution in [-0.4, -0.2) is 13.1 Å². The van der Waals surface area contributed by atoms with Gasteiger partial charge in [0.25, 0.3) is 0 Å². The van der Waals surface area contributed by atoms with Gasteiger partial charge in [-0.25, -0.2) is 0 Å². The lowest BCUT2D eigenvalue weighted by Crippen LogP contribution is -2.24. The van der Waals surface area contributed by atoms with Crippen LogP contribution in [0.4, 0.5) is 11.4 Å². The molecular weight excluding hydrogens is 329 g/mol. The van der Waals surface area contributed by atoms with Gasteiger partial charge in [-0.2, -0.15) is 4.40 Å². The fourth-order valence-corrected chi connectivity index (χ4v) is 3.07. The Kier molecular flexibility index (Phi) is 4.14. The average Bonchev–Trinajstić information content (AvgIpc) is 2.47. The Balaban J connectivity index is 1.85. The Hall–Kier alpha value is -1.56. The Labute approximate surface area is 136 Å². The molecule has 0 saturated heterocycles. The molecule has 0 bridgehead atoms. The van der Waals surface area contributed by atoms with E-state index in [9.17, 15) is 0 Å². The molecule has 2 N–H and O–H groups in total. The van der Waals surface area contributed by atoms with Crippen LogP contribution in [0.5, 0.6) is 5.75 Å². The Morgan fingerprint density at radius 3 is 2.81 bits per heavy atom. The Morgan fingerprint density at radius 2 is 2.05 bits per heavy atom. The smallest absolute Gasteiger partial charge is 0.212 e. The van der Waals surface area contributed by atoms with Gasteiger partial charge in [-0.1, -0.05) is 29.3 Å². The van der Waals surface area contributed by atoms with Crippen LogP contribution < -0.4 is 15.4 Å². The quantitative estimate of drug-likeness (QED) is 0.763. The summed E-state index contributed by atoms with van der Waals surface area (Å²) in [7, 11) is 1.61. The molecule has 0 unspecified atom stereocenters. The number of halogens is 2. The minimum atomic E-state index is 0.607. The van der Waals surface area contributed by atoms with Crippen molar-refractivity contribution < 1.29 is 4.74 Å². The molecule has 1 aliphatic rings. The van der Waals surface area contributed by atoms with Crippen LogP contribution in [0.1, 0.15) is 0 Å². The summed E-state index contributed by atoms with van der Waals surface area (Å²) < 4.78 is 9.71. The summed E-state index contributed by atoms with van der Waals surface area (Å²) in [6, 6.07) is 11.0. The molecule has 0 atom stereocenters. The highest BCUT2D eigenvalue weighted by molar-refractivity contribution is 7.98. The van der Waals surface area contributed by atoms with Crippen LogP contribution in [0, 0.1) is 0 Å². The topological polar surface area (TPSA) is 45.6 Å². The van der Waals surface area contributed by atoms with E-state index >= 15 is 0 Å². The van der Waals surface area contributed by atoms with Gasteiger partial charge >= 0.3 is 0 Å². The van der Waals surface area contributed by atoms with E-state index < -0.39 is 0 Å². The summed E-state index contributed by atoms with van der Waals surface area (Å²) >= 11 is 13.3. The monoisotopic (exact) mass is 339 g/mol. The number of rotatable bonds is 2. The van der Waals surface area contributed by atoms with Gasteiger partial charge in [-0.15, -0.1) is 0 Å². The molecule has 108 valence electrons. The zero-order valence-corrected chi connectivity index (χ0v) is 13.3. The fraction of sp³-hybridized carbons (Fsp3) is 0.0714. The zero-order valence-electron chi connectivity index (χ0n) is 11.0. The highest BCUT2D eigenvalue weighted by Crippen LogP contribution is 2.41. The fourth-order valence-electron chi connectivity index (χ4n) is 1.91. The van der Waals surface area contributed by atoms with Crippen molar-refractivity contribution in [2.24, 2.45) is 4.40 Å². The van der Waals surface area contributed by atoms with Crippen molar-refractivity contribution in [3.8, 4) is 5.75 Å². The van der Waals surface area contributed by atoms with E-state index in [0.29, 0.717) is 21.8 Å². The maximum Gasteiger partial charge on any atom is 0.212 e. The van der Waals surface area contributed by atoms with Crippen molar-refractivity contribution in [2.75, 3.05) is 17.7 Å². The highest BCUT2D eigenvalue weighted by Gasteiger charge is 2.18. The third kappa shape index (κ3) is 3.20. The number of anilines is 2. The second-order valence-corrected chi connectivity index (χ2v) is 5.95. The third-order valence-corrected chi connectivity index (χ3v) is 4.06. The van der Waals surface area contributed by atoms with Crippen LogP contribution in [0.15, 0.2) is 45.7 Å². The van der Waals surface area contributed by atoms with Gasteiger partial charge in [-0.05, 0) is 24.3 Å². The number of fused-ring (bicyclic) bond motifs is 1. The third-order valence-electron chi connectivity index (χ3n) is 2.82. The number of benzene rings is 2. The predicted octanol–water partition coefficient (Wildman–Crippen LogP) is 4.90. The normalized spacial score (nSPS) is 13.0. The molecule has 0 amide bonds. The molecule has 0 radical (unpaired) electrons. The summed E-state index contributed by atoms with van der Waals surface area (Å²) in [6.07, 6.45) is 0. The maximum atomic E-state index is 6.04. The summed E-state index contributed by atoms with van der Waals surface area (Å²) in [5, 5.41) is 7.65. The first-order valence-corrected chi connectivity index (χ1v) is 7.61. The number of ether oxygens (including phenoxy) is 1. The minimum absolute atomic E-state index is 0.607. The van der Waals surface area contributed by atoms with Crippen molar-refractivity contribution in [1.82, 2.24) is 0 Å². The number of hydrogen-bond acceptors (Lipinski definition) is 5. The van der Waals surface area contributed by atoms with Crippen molar-refractivity contribution in [2.45, 2.75) is 4.90 Å². The van der Waals surface area contributed by atoms with E-state index in [1.54, 1.807) is 13.2 Å². The summed E-state index contributed by atoms with van der Waals surface area (Å²) in [5.74, 6) is 1.28. The second kappa shape index (κ2) is 6.05. The lowest BCUT2D eigenvalue weighted by atomic mass is 10.3. The largest absolute Gasteiger partial charge is 0.494 e. The van der Waals surface area contributed by atoms with Crippen LogP contribution in [-0.2, 0) is 0 Å². The molecule has 0 fully saturated rings. The number of nitrogens with one attached hydrogen (secondary N) is 2. The van der Waals surface area contributed by atoms with Crippen molar-refractivity contribution in [3.63, 3.8) is 0 Å². The number of nitrogens with zero attached hydrogens (tertiary/aromatic N) is 1. The van der Waals surface area contributed by atoms with Gasteiger partial charge in [0, 0.05) is 33.7 Å². The first-order chi connectivity index (χ1) is 10.2. The molecule has 0 aliphatic carbocycles. The maximum absolute atomic E-state index is 6.04. The number of guanidine groups is 1.